The summed E-state index contributed by atoms with van der Waals surface area (Å²) in [6.07, 6.45) is 4.45. The van der Waals surface area contributed by atoms with Crippen molar-refractivity contribution < 1.29 is 9.21 Å². The van der Waals surface area contributed by atoms with Crippen LogP contribution in [-0.2, 0) is 11.3 Å². The van der Waals surface area contributed by atoms with E-state index in [-0.39, 0.29) is 5.92 Å². The Bertz CT molecular complexity index is 648. The van der Waals surface area contributed by atoms with E-state index in [9.17, 15) is 4.79 Å². The van der Waals surface area contributed by atoms with Crippen molar-refractivity contribution in [2.75, 3.05) is 26.2 Å². The van der Waals surface area contributed by atoms with Crippen molar-refractivity contribution in [1.29, 1.82) is 0 Å². The number of piperazine rings is 1. The molecule has 3 heterocycles. The lowest BCUT2D eigenvalue weighted by atomic mass is 10.2. The van der Waals surface area contributed by atoms with E-state index in [0.29, 0.717) is 11.8 Å². The van der Waals surface area contributed by atoms with Gasteiger partial charge in [0.25, 0.3) is 0 Å². The monoisotopic (exact) mass is 311 g/mol. The van der Waals surface area contributed by atoms with Crippen LogP contribution in [0.3, 0.4) is 0 Å². The molecule has 1 saturated heterocycles. The van der Waals surface area contributed by atoms with Crippen LogP contribution >= 0.6 is 0 Å². The largest absolute Gasteiger partial charge is 0.469 e. The molecule has 0 N–H and O–H groups in total. The fourth-order valence-electron chi connectivity index (χ4n) is 3.37. The Morgan fingerprint density at radius 3 is 2.74 bits per heavy atom. The van der Waals surface area contributed by atoms with Crippen molar-refractivity contribution >= 4 is 5.91 Å². The number of hydrogen-bond acceptors (Lipinski definition) is 4. The topological polar surface area (TPSA) is 49.6 Å². The number of carbonyl (C=O) groups is 1. The summed E-state index contributed by atoms with van der Waals surface area (Å²) in [6.45, 7) is 4.32. The Labute approximate surface area is 135 Å². The van der Waals surface area contributed by atoms with Crippen LogP contribution in [0.25, 0.3) is 0 Å². The number of amides is 1. The first-order valence-electron chi connectivity index (χ1n) is 8.26. The lowest BCUT2D eigenvalue weighted by Gasteiger charge is -2.34. The van der Waals surface area contributed by atoms with Gasteiger partial charge in [-0.2, -0.15) is 0 Å². The standard InChI is InChI=1S/C18H21N3O2/c22-18(16-12-15(16)17-5-3-11-23-17)21-9-7-20(8-10-21)13-14-4-1-2-6-19-14/h1-6,11,15-16H,7-10,12-13H2/t15-,16+/m1/s1. The van der Waals surface area contributed by atoms with E-state index < -0.39 is 0 Å². The number of rotatable bonds is 4. The van der Waals surface area contributed by atoms with Gasteiger partial charge in [-0.1, -0.05) is 6.07 Å². The summed E-state index contributed by atoms with van der Waals surface area (Å²) < 4.78 is 5.42. The van der Waals surface area contributed by atoms with Crippen molar-refractivity contribution in [3.8, 4) is 0 Å². The first kappa shape index (κ1) is 14.5. The summed E-state index contributed by atoms with van der Waals surface area (Å²) in [5, 5.41) is 0. The van der Waals surface area contributed by atoms with Crippen LogP contribution in [0.5, 0.6) is 0 Å². The van der Waals surface area contributed by atoms with Crippen molar-refractivity contribution in [2.24, 2.45) is 5.92 Å². The minimum atomic E-state index is 0.128. The van der Waals surface area contributed by atoms with Gasteiger partial charge < -0.3 is 9.32 Å². The van der Waals surface area contributed by atoms with E-state index >= 15 is 0 Å². The average Bonchev–Trinajstić information content (AvgIpc) is 3.21. The molecule has 23 heavy (non-hydrogen) atoms. The fourth-order valence-corrected chi connectivity index (χ4v) is 3.37. The van der Waals surface area contributed by atoms with Gasteiger partial charge in [0.2, 0.25) is 5.91 Å². The van der Waals surface area contributed by atoms with Gasteiger partial charge in [0.05, 0.1) is 12.0 Å². The van der Waals surface area contributed by atoms with E-state index in [1.165, 1.54) is 0 Å². The third kappa shape index (κ3) is 3.15. The quantitative estimate of drug-likeness (QED) is 0.868. The second-order valence-electron chi connectivity index (χ2n) is 6.39. The second-order valence-corrected chi connectivity index (χ2v) is 6.39. The lowest BCUT2D eigenvalue weighted by Crippen LogP contribution is -2.48. The molecule has 5 heteroatoms. The van der Waals surface area contributed by atoms with Gasteiger partial charge in [0, 0.05) is 50.8 Å². The smallest absolute Gasteiger partial charge is 0.226 e. The predicted octanol–water partition coefficient (Wildman–Crippen LogP) is 2.12. The highest BCUT2D eigenvalue weighted by atomic mass is 16.3. The molecule has 1 aliphatic heterocycles. The zero-order valence-electron chi connectivity index (χ0n) is 13.1. The van der Waals surface area contributed by atoms with Gasteiger partial charge in [0.15, 0.2) is 0 Å². The second kappa shape index (κ2) is 6.16. The number of aromatic nitrogens is 1. The molecule has 2 aliphatic rings. The summed E-state index contributed by atoms with van der Waals surface area (Å²) in [7, 11) is 0. The molecular weight excluding hydrogens is 290 g/mol. The summed E-state index contributed by atoms with van der Waals surface area (Å²) in [5.74, 6) is 1.67. The van der Waals surface area contributed by atoms with Crippen LogP contribution in [0.2, 0.25) is 0 Å². The molecule has 2 fully saturated rings. The summed E-state index contributed by atoms with van der Waals surface area (Å²) in [6, 6.07) is 9.87. The van der Waals surface area contributed by atoms with Crippen molar-refractivity contribution in [1.82, 2.24) is 14.8 Å². The highest BCUT2D eigenvalue weighted by molar-refractivity contribution is 5.83. The molecule has 0 radical (unpaired) electrons. The highest BCUT2D eigenvalue weighted by Gasteiger charge is 2.47. The lowest BCUT2D eigenvalue weighted by molar-refractivity contribution is -0.134. The fraction of sp³-hybridized carbons (Fsp3) is 0.444. The Morgan fingerprint density at radius 1 is 1.17 bits per heavy atom. The molecule has 5 nitrogen and oxygen atoms in total. The summed E-state index contributed by atoms with van der Waals surface area (Å²) in [5.41, 5.74) is 1.09. The van der Waals surface area contributed by atoms with Gasteiger partial charge >= 0.3 is 0 Å². The van der Waals surface area contributed by atoms with E-state index in [1.54, 1.807) is 6.26 Å². The number of pyridine rings is 1. The third-order valence-electron chi connectivity index (χ3n) is 4.81. The molecule has 1 saturated carbocycles. The van der Waals surface area contributed by atoms with E-state index in [1.807, 2.05) is 35.4 Å². The molecule has 120 valence electrons. The van der Waals surface area contributed by atoms with Crippen LogP contribution in [0, 0.1) is 5.92 Å². The molecular formula is C18H21N3O2. The van der Waals surface area contributed by atoms with E-state index in [2.05, 4.69) is 16.0 Å². The predicted molar refractivity (Wildman–Crippen MR) is 85.7 cm³/mol. The molecule has 0 aromatic carbocycles. The zero-order chi connectivity index (χ0) is 15.6. The van der Waals surface area contributed by atoms with Crippen molar-refractivity contribution in [2.45, 2.75) is 18.9 Å². The maximum Gasteiger partial charge on any atom is 0.226 e. The van der Waals surface area contributed by atoms with Crippen LogP contribution in [0.15, 0.2) is 47.2 Å². The minimum absolute atomic E-state index is 0.128. The Hall–Kier alpha value is -2.14. The SMILES string of the molecule is O=C([C@H]1C[C@H]1c1ccco1)N1CCN(Cc2ccccn2)CC1. The number of carbonyl (C=O) groups excluding carboxylic acids is 1. The molecule has 2 aromatic heterocycles. The third-order valence-corrected chi connectivity index (χ3v) is 4.81. The van der Waals surface area contributed by atoms with Gasteiger partial charge in [-0.15, -0.1) is 0 Å². The van der Waals surface area contributed by atoms with Crippen LogP contribution in [-0.4, -0.2) is 46.9 Å². The normalized spacial score (nSPS) is 24.6. The van der Waals surface area contributed by atoms with E-state index in [4.69, 9.17) is 4.42 Å². The van der Waals surface area contributed by atoms with Crippen LogP contribution < -0.4 is 0 Å². The Balaban J connectivity index is 1.28. The molecule has 1 aliphatic carbocycles. The van der Waals surface area contributed by atoms with Gasteiger partial charge in [0.1, 0.15) is 5.76 Å². The molecule has 2 atom stereocenters. The molecule has 0 unspecified atom stereocenters. The summed E-state index contributed by atoms with van der Waals surface area (Å²) in [4.78, 5) is 21.3. The highest BCUT2D eigenvalue weighted by Crippen LogP contribution is 2.48. The molecule has 4 rings (SSSR count). The van der Waals surface area contributed by atoms with E-state index in [0.717, 1.165) is 50.6 Å². The van der Waals surface area contributed by atoms with Gasteiger partial charge in [-0.3, -0.25) is 14.7 Å². The molecule has 0 bridgehead atoms. The number of furan rings is 1. The van der Waals surface area contributed by atoms with Crippen molar-refractivity contribution in [3.63, 3.8) is 0 Å². The molecule has 1 amide bonds. The maximum absolute atomic E-state index is 12.6. The maximum atomic E-state index is 12.6. The van der Waals surface area contributed by atoms with Crippen LogP contribution in [0.1, 0.15) is 23.8 Å². The summed E-state index contributed by atoms with van der Waals surface area (Å²) >= 11 is 0. The minimum Gasteiger partial charge on any atom is -0.469 e. The molecule has 0 spiro atoms. The number of nitrogens with zero attached hydrogens (tertiary/aromatic N) is 3. The van der Waals surface area contributed by atoms with Gasteiger partial charge in [-0.05, 0) is 30.7 Å². The first-order chi connectivity index (χ1) is 11.3. The van der Waals surface area contributed by atoms with Crippen molar-refractivity contribution in [3.05, 3.63) is 54.2 Å². The molecule has 2 aromatic rings. The zero-order valence-corrected chi connectivity index (χ0v) is 13.1. The average molecular weight is 311 g/mol. The van der Waals surface area contributed by atoms with Gasteiger partial charge in [-0.25, -0.2) is 0 Å². The Morgan fingerprint density at radius 2 is 2.04 bits per heavy atom. The first-order valence-corrected chi connectivity index (χ1v) is 8.26. The number of hydrogen-bond donors (Lipinski definition) is 0. The Kier molecular flexibility index (Phi) is 3.87. The van der Waals surface area contributed by atoms with Crippen LogP contribution in [0.4, 0.5) is 0 Å².